The van der Waals surface area contributed by atoms with Crippen LogP contribution in [0.25, 0.3) is 0 Å². The Kier molecular flexibility index (Phi) is 7.77. The first kappa shape index (κ1) is 21.9. The van der Waals surface area contributed by atoms with Gasteiger partial charge in [-0.2, -0.15) is 0 Å². The number of anilines is 1. The summed E-state index contributed by atoms with van der Waals surface area (Å²) in [4.78, 5) is 34.0. The Balaban J connectivity index is 2.10. The average Bonchev–Trinajstić information content (AvgIpc) is 2.67. The van der Waals surface area contributed by atoms with Crippen molar-refractivity contribution in [2.45, 2.75) is 46.1 Å². The monoisotopic (exact) mass is 399 g/mol. The van der Waals surface area contributed by atoms with Crippen LogP contribution in [-0.4, -0.2) is 27.9 Å². The van der Waals surface area contributed by atoms with Gasteiger partial charge in [0.15, 0.2) is 5.78 Å². The minimum Gasteiger partial charge on any atom is -0.507 e. The van der Waals surface area contributed by atoms with Crippen molar-refractivity contribution >= 4 is 23.3 Å². The van der Waals surface area contributed by atoms with Crippen LogP contribution in [0.2, 0.25) is 0 Å². The molecule has 0 saturated heterocycles. The van der Waals surface area contributed by atoms with E-state index in [9.17, 15) is 19.5 Å². The van der Waals surface area contributed by atoms with Crippen molar-refractivity contribution in [2.75, 3.05) is 5.32 Å². The van der Waals surface area contributed by atoms with Gasteiger partial charge in [-0.15, -0.1) is 0 Å². The van der Waals surface area contributed by atoms with Crippen LogP contribution < -0.4 is 10.1 Å². The molecule has 0 bridgehead atoms. The number of hydrogen-bond acceptors (Lipinski definition) is 5. The van der Waals surface area contributed by atoms with Gasteiger partial charge in [-0.3, -0.25) is 14.4 Å². The smallest absolute Gasteiger partial charge is 0.303 e. The topological polar surface area (TPSA) is 113 Å². The summed E-state index contributed by atoms with van der Waals surface area (Å²) >= 11 is 0. The highest BCUT2D eigenvalue weighted by molar-refractivity contribution is 5.97. The van der Waals surface area contributed by atoms with Crippen LogP contribution in [0.15, 0.2) is 36.4 Å². The van der Waals surface area contributed by atoms with Crippen molar-refractivity contribution in [3.05, 3.63) is 53.1 Å². The largest absolute Gasteiger partial charge is 0.507 e. The van der Waals surface area contributed by atoms with Crippen LogP contribution in [0.5, 0.6) is 11.5 Å². The highest BCUT2D eigenvalue weighted by Gasteiger charge is 2.16. The van der Waals surface area contributed by atoms with Gasteiger partial charge in [0, 0.05) is 17.7 Å². The summed E-state index contributed by atoms with van der Waals surface area (Å²) in [6.07, 6.45) is 1.03. The van der Waals surface area contributed by atoms with Gasteiger partial charge in [0.2, 0.25) is 5.91 Å². The van der Waals surface area contributed by atoms with Gasteiger partial charge in [0.25, 0.3) is 0 Å². The van der Waals surface area contributed by atoms with E-state index >= 15 is 0 Å². The number of ketones is 1. The molecule has 0 saturated carbocycles. The molecule has 0 fully saturated rings. The first-order chi connectivity index (χ1) is 13.8. The third kappa shape index (κ3) is 6.34. The van der Waals surface area contributed by atoms with E-state index in [-0.39, 0.29) is 42.5 Å². The molecule has 7 nitrogen and oxygen atoms in total. The average molecular weight is 399 g/mol. The zero-order valence-corrected chi connectivity index (χ0v) is 16.5. The van der Waals surface area contributed by atoms with Gasteiger partial charge in [-0.1, -0.05) is 25.5 Å². The Bertz CT molecular complexity index is 906. The fourth-order valence-corrected chi connectivity index (χ4v) is 2.87. The number of nitrogens with one attached hydrogen (secondary N) is 1. The van der Waals surface area contributed by atoms with E-state index in [1.165, 1.54) is 6.92 Å². The lowest BCUT2D eigenvalue weighted by Crippen LogP contribution is -2.13. The van der Waals surface area contributed by atoms with Crippen molar-refractivity contribution in [1.82, 2.24) is 0 Å². The summed E-state index contributed by atoms with van der Waals surface area (Å²) in [5.41, 5.74) is 2.20. The van der Waals surface area contributed by atoms with E-state index in [0.717, 1.165) is 12.0 Å². The lowest BCUT2D eigenvalue weighted by molar-refractivity contribution is -0.138. The van der Waals surface area contributed by atoms with Gasteiger partial charge in [0.1, 0.15) is 18.1 Å². The first-order valence-electron chi connectivity index (χ1n) is 9.41. The maximum atomic E-state index is 11.8. The molecule has 0 aliphatic heterocycles. The highest BCUT2D eigenvalue weighted by atomic mass is 16.5. The summed E-state index contributed by atoms with van der Waals surface area (Å²) in [7, 11) is 0. The van der Waals surface area contributed by atoms with Crippen molar-refractivity contribution in [3.8, 4) is 11.5 Å². The summed E-state index contributed by atoms with van der Waals surface area (Å²) in [5.74, 6) is -1.15. The standard InChI is InChI=1S/C22H25NO6/c1-3-5-18-19(9-8-17(14(2)24)22(18)28)29-13-15-6-4-7-16(12-15)23-20(25)10-11-21(26)27/h4,6-9,12,28H,3,5,10-11,13H2,1-2H3,(H,23,25)(H,26,27). The quantitative estimate of drug-likeness (QED) is 0.522. The zero-order valence-electron chi connectivity index (χ0n) is 16.5. The second-order valence-electron chi connectivity index (χ2n) is 6.68. The Morgan fingerprint density at radius 1 is 1.10 bits per heavy atom. The minimum atomic E-state index is -1.02. The molecular formula is C22H25NO6. The van der Waals surface area contributed by atoms with Gasteiger partial charge in [0.05, 0.1) is 12.0 Å². The Morgan fingerprint density at radius 3 is 2.52 bits per heavy atom. The highest BCUT2D eigenvalue weighted by Crippen LogP contribution is 2.33. The van der Waals surface area contributed by atoms with Crippen LogP contribution in [0.3, 0.4) is 0 Å². The summed E-state index contributed by atoms with van der Waals surface area (Å²) in [6.45, 7) is 3.58. The predicted molar refractivity (Wildman–Crippen MR) is 108 cm³/mol. The zero-order chi connectivity index (χ0) is 21.4. The summed E-state index contributed by atoms with van der Waals surface area (Å²) in [5, 5.41) is 21.7. The van der Waals surface area contributed by atoms with E-state index in [1.54, 1.807) is 30.3 Å². The van der Waals surface area contributed by atoms with Gasteiger partial charge in [-0.25, -0.2) is 0 Å². The number of carboxylic acid groups (broad SMARTS) is 1. The van der Waals surface area contributed by atoms with E-state index in [0.29, 0.717) is 23.4 Å². The molecule has 3 N–H and O–H groups in total. The number of phenolic OH excluding ortho intramolecular Hbond substituents is 1. The number of rotatable bonds is 10. The molecular weight excluding hydrogens is 374 g/mol. The van der Waals surface area contributed by atoms with Gasteiger partial charge in [-0.05, 0) is 43.2 Å². The molecule has 0 atom stereocenters. The number of aromatic hydroxyl groups is 1. The molecule has 0 heterocycles. The third-order valence-corrected chi connectivity index (χ3v) is 4.29. The SMILES string of the molecule is CCCc1c(OCc2cccc(NC(=O)CCC(=O)O)c2)ccc(C(C)=O)c1O. The van der Waals surface area contributed by atoms with Crippen LogP contribution in [0, 0.1) is 0 Å². The van der Waals surface area contributed by atoms with Crippen LogP contribution in [0.4, 0.5) is 5.69 Å². The number of carboxylic acids is 1. The fraction of sp³-hybridized carbons (Fsp3) is 0.318. The van der Waals surface area contributed by atoms with Crippen molar-refractivity contribution < 1.29 is 29.3 Å². The molecule has 0 aliphatic carbocycles. The number of hydrogen-bond donors (Lipinski definition) is 3. The lowest BCUT2D eigenvalue weighted by Gasteiger charge is -2.15. The van der Waals surface area contributed by atoms with Crippen LogP contribution >= 0.6 is 0 Å². The number of benzene rings is 2. The lowest BCUT2D eigenvalue weighted by atomic mass is 10.0. The van der Waals surface area contributed by atoms with Gasteiger partial charge >= 0.3 is 5.97 Å². The van der Waals surface area contributed by atoms with Crippen LogP contribution in [-0.2, 0) is 22.6 Å². The van der Waals surface area contributed by atoms with Crippen LogP contribution in [0.1, 0.15) is 54.6 Å². The number of carbonyl (C=O) groups is 3. The number of carbonyl (C=O) groups excluding carboxylic acids is 2. The Morgan fingerprint density at radius 2 is 1.86 bits per heavy atom. The number of amides is 1. The number of ether oxygens (including phenoxy) is 1. The van der Waals surface area contributed by atoms with E-state index in [1.807, 2.05) is 13.0 Å². The summed E-state index contributed by atoms with van der Waals surface area (Å²) in [6, 6.07) is 10.3. The second-order valence-corrected chi connectivity index (χ2v) is 6.68. The molecule has 0 radical (unpaired) electrons. The maximum Gasteiger partial charge on any atom is 0.303 e. The van der Waals surface area contributed by atoms with Crippen molar-refractivity contribution in [3.63, 3.8) is 0 Å². The Hall–Kier alpha value is -3.35. The number of Topliss-reactive ketones (excluding diaryl/α,β-unsaturated/α-hetero) is 1. The van der Waals surface area contributed by atoms with E-state index in [2.05, 4.69) is 5.32 Å². The van der Waals surface area contributed by atoms with Crippen molar-refractivity contribution in [2.24, 2.45) is 0 Å². The number of aliphatic carboxylic acids is 1. The first-order valence-corrected chi connectivity index (χ1v) is 9.41. The molecule has 7 heteroatoms. The fourth-order valence-electron chi connectivity index (χ4n) is 2.87. The normalized spacial score (nSPS) is 10.4. The third-order valence-electron chi connectivity index (χ3n) is 4.29. The van der Waals surface area contributed by atoms with Gasteiger partial charge < -0.3 is 20.3 Å². The molecule has 2 aromatic rings. The molecule has 154 valence electrons. The second kappa shape index (κ2) is 10.3. The number of phenols is 1. The molecule has 29 heavy (non-hydrogen) atoms. The molecule has 0 aromatic heterocycles. The van der Waals surface area contributed by atoms with E-state index in [4.69, 9.17) is 9.84 Å². The molecule has 2 aromatic carbocycles. The van der Waals surface area contributed by atoms with E-state index < -0.39 is 5.97 Å². The molecule has 0 spiro atoms. The Labute approximate surface area is 169 Å². The molecule has 1 amide bonds. The molecule has 0 unspecified atom stereocenters. The van der Waals surface area contributed by atoms with Crippen molar-refractivity contribution in [1.29, 1.82) is 0 Å². The molecule has 2 rings (SSSR count). The summed E-state index contributed by atoms with van der Waals surface area (Å²) < 4.78 is 5.87. The minimum absolute atomic E-state index is 0.0451. The predicted octanol–water partition coefficient (Wildman–Crippen LogP) is 3.93. The molecule has 0 aliphatic rings. The maximum absolute atomic E-state index is 11.8.